The van der Waals surface area contributed by atoms with E-state index in [4.69, 9.17) is 4.74 Å². The first-order chi connectivity index (χ1) is 21.4. The Kier molecular flexibility index (Phi) is 8.65. The van der Waals surface area contributed by atoms with Crippen molar-refractivity contribution in [3.8, 4) is 5.75 Å². The second-order valence-electron chi connectivity index (χ2n) is 11.1. The maximum atomic E-state index is 13.5. The Hall–Kier alpha value is -4.63. The van der Waals surface area contributed by atoms with Gasteiger partial charge in [0.1, 0.15) is 5.75 Å². The molecule has 8 nitrogen and oxygen atoms in total. The molecule has 0 aliphatic carbocycles. The van der Waals surface area contributed by atoms with E-state index in [2.05, 4.69) is 5.32 Å². The summed E-state index contributed by atoms with van der Waals surface area (Å²) in [5, 5.41) is 2.94. The Balaban J connectivity index is 1.09. The zero-order chi connectivity index (χ0) is 30.5. The lowest BCUT2D eigenvalue weighted by Gasteiger charge is -2.34. The predicted octanol–water partition coefficient (Wildman–Crippen LogP) is 4.91. The van der Waals surface area contributed by atoms with E-state index in [9.17, 15) is 18.0 Å². The standard InChI is InChI=1S/C35H35N3O5S/c39-34(21-18-27-16-19-29(20-17-27)44(41,42)38-24-8-12-28-11-4-5-13-30(28)38)37-25-33(43-32-15-7-6-14-31(32)37)35(40)36-23-22-26-9-2-1-3-10-26/h1-7,9-11,13-17,19-20,33H,8,12,18,21-25H2,(H,36,40). The second kappa shape index (κ2) is 12.9. The fourth-order valence-corrected chi connectivity index (χ4v) is 7.33. The number of benzene rings is 4. The summed E-state index contributed by atoms with van der Waals surface area (Å²) in [6, 6.07) is 31.5. The number of aryl methyl sites for hydroxylation is 2. The SMILES string of the molecule is O=C(NCCc1ccccc1)C1CN(C(=O)CCc2ccc(S(=O)(=O)N3CCCc4ccccc43)cc2)c2ccccc2O1. The number of nitrogens with one attached hydrogen (secondary N) is 1. The van der Waals surface area contributed by atoms with Gasteiger partial charge in [0.05, 0.1) is 22.8 Å². The third-order valence-electron chi connectivity index (χ3n) is 8.13. The fraction of sp³-hybridized carbons (Fsp3) is 0.257. The fourth-order valence-electron chi connectivity index (χ4n) is 5.79. The van der Waals surface area contributed by atoms with Crippen LogP contribution in [0.4, 0.5) is 11.4 Å². The number of sulfonamides is 1. The molecule has 226 valence electrons. The van der Waals surface area contributed by atoms with Gasteiger partial charge in [-0.25, -0.2) is 8.42 Å². The summed E-state index contributed by atoms with van der Waals surface area (Å²) in [6.45, 7) is 1.03. The van der Waals surface area contributed by atoms with Crippen molar-refractivity contribution < 1.29 is 22.7 Å². The van der Waals surface area contributed by atoms with E-state index in [0.29, 0.717) is 37.4 Å². The van der Waals surface area contributed by atoms with Gasteiger partial charge in [0.2, 0.25) is 5.91 Å². The molecule has 2 amide bonds. The summed E-state index contributed by atoms with van der Waals surface area (Å²) < 4.78 is 34.5. The van der Waals surface area contributed by atoms with Crippen molar-refractivity contribution >= 4 is 33.2 Å². The molecular formula is C35H35N3O5S. The van der Waals surface area contributed by atoms with E-state index in [1.54, 1.807) is 35.2 Å². The van der Waals surface area contributed by atoms with Crippen molar-refractivity contribution in [1.29, 1.82) is 0 Å². The molecular weight excluding hydrogens is 574 g/mol. The van der Waals surface area contributed by atoms with Gasteiger partial charge in [-0.2, -0.15) is 0 Å². The van der Waals surface area contributed by atoms with Gasteiger partial charge in [-0.3, -0.25) is 13.9 Å². The Bertz CT molecular complexity index is 1740. The summed E-state index contributed by atoms with van der Waals surface area (Å²) >= 11 is 0. The summed E-state index contributed by atoms with van der Waals surface area (Å²) in [6.07, 6.45) is 2.14. The number of nitrogens with zero attached hydrogens (tertiary/aromatic N) is 2. The molecule has 4 aromatic rings. The second-order valence-corrected chi connectivity index (χ2v) is 12.9. The Morgan fingerprint density at radius 1 is 0.795 bits per heavy atom. The van der Waals surface area contributed by atoms with E-state index in [-0.39, 0.29) is 29.7 Å². The number of anilines is 2. The van der Waals surface area contributed by atoms with Crippen LogP contribution in [0.15, 0.2) is 108 Å². The van der Waals surface area contributed by atoms with Crippen LogP contribution in [0.25, 0.3) is 0 Å². The Labute approximate surface area is 258 Å². The first-order valence-electron chi connectivity index (χ1n) is 15.0. The number of ether oxygens (including phenoxy) is 1. The highest BCUT2D eigenvalue weighted by molar-refractivity contribution is 7.92. The quantitative estimate of drug-likeness (QED) is 0.291. The van der Waals surface area contributed by atoms with Crippen LogP contribution in [0.1, 0.15) is 29.5 Å². The molecule has 0 bridgehead atoms. The number of carbonyl (C=O) groups excluding carboxylic acids is 2. The number of hydrogen-bond donors (Lipinski definition) is 1. The maximum absolute atomic E-state index is 13.5. The minimum Gasteiger partial charge on any atom is -0.477 e. The molecule has 4 aromatic carbocycles. The molecule has 0 fully saturated rings. The molecule has 44 heavy (non-hydrogen) atoms. The molecule has 0 saturated carbocycles. The first-order valence-corrected chi connectivity index (χ1v) is 16.4. The number of hydrogen-bond acceptors (Lipinski definition) is 5. The summed E-state index contributed by atoms with van der Waals surface area (Å²) in [5.41, 5.74) is 4.39. The molecule has 1 N–H and O–H groups in total. The molecule has 1 atom stereocenters. The molecule has 2 heterocycles. The largest absolute Gasteiger partial charge is 0.477 e. The van der Waals surface area contributed by atoms with Crippen LogP contribution in [0.2, 0.25) is 0 Å². The van der Waals surface area contributed by atoms with Crippen LogP contribution >= 0.6 is 0 Å². The van der Waals surface area contributed by atoms with Gasteiger partial charge < -0.3 is 15.0 Å². The summed E-state index contributed by atoms with van der Waals surface area (Å²) in [4.78, 5) is 28.3. The topological polar surface area (TPSA) is 96.0 Å². The lowest BCUT2D eigenvalue weighted by atomic mass is 10.0. The zero-order valence-corrected chi connectivity index (χ0v) is 25.2. The van der Waals surface area contributed by atoms with Gasteiger partial charge >= 0.3 is 0 Å². The Morgan fingerprint density at radius 3 is 2.27 bits per heavy atom. The third-order valence-corrected chi connectivity index (χ3v) is 9.96. The molecule has 0 saturated heterocycles. The molecule has 1 unspecified atom stereocenters. The van der Waals surface area contributed by atoms with Gasteiger partial charge in [-0.15, -0.1) is 0 Å². The lowest BCUT2D eigenvalue weighted by Crippen LogP contribution is -2.51. The van der Waals surface area contributed by atoms with E-state index >= 15 is 0 Å². The average Bonchev–Trinajstić information content (AvgIpc) is 3.07. The van der Waals surface area contributed by atoms with Crippen molar-refractivity contribution in [3.05, 3.63) is 120 Å². The van der Waals surface area contributed by atoms with Crippen LogP contribution < -0.4 is 19.3 Å². The van der Waals surface area contributed by atoms with Gasteiger partial charge in [0, 0.05) is 19.5 Å². The summed E-state index contributed by atoms with van der Waals surface area (Å²) in [5.74, 6) is 0.0926. The van der Waals surface area contributed by atoms with E-state index < -0.39 is 16.1 Å². The van der Waals surface area contributed by atoms with Crippen molar-refractivity contribution in [2.24, 2.45) is 0 Å². The van der Waals surface area contributed by atoms with Gasteiger partial charge in [0.15, 0.2) is 6.10 Å². The molecule has 2 aliphatic rings. The number of fused-ring (bicyclic) bond motifs is 2. The van der Waals surface area contributed by atoms with Crippen LogP contribution in [0, 0.1) is 0 Å². The third kappa shape index (κ3) is 6.33. The van der Waals surface area contributed by atoms with Gasteiger partial charge in [-0.05, 0) is 72.7 Å². The first kappa shape index (κ1) is 29.4. The predicted molar refractivity (Wildman–Crippen MR) is 170 cm³/mol. The van der Waals surface area contributed by atoms with Crippen LogP contribution in [0.3, 0.4) is 0 Å². The van der Waals surface area contributed by atoms with E-state index in [0.717, 1.165) is 35.2 Å². The smallest absolute Gasteiger partial charge is 0.264 e. The monoisotopic (exact) mass is 609 g/mol. The van der Waals surface area contributed by atoms with Crippen LogP contribution in [-0.2, 0) is 38.9 Å². The molecule has 2 aliphatic heterocycles. The van der Waals surface area contributed by atoms with Crippen molar-refractivity contribution in [3.63, 3.8) is 0 Å². The van der Waals surface area contributed by atoms with E-state index in [1.807, 2.05) is 72.8 Å². The van der Waals surface area contributed by atoms with Crippen molar-refractivity contribution in [2.75, 3.05) is 28.8 Å². The summed E-state index contributed by atoms with van der Waals surface area (Å²) in [7, 11) is -3.70. The number of amides is 2. The van der Waals surface area contributed by atoms with Crippen LogP contribution in [0.5, 0.6) is 5.75 Å². The van der Waals surface area contributed by atoms with Gasteiger partial charge in [-0.1, -0.05) is 72.8 Å². The number of para-hydroxylation sites is 3. The zero-order valence-electron chi connectivity index (χ0n) is 24.4. The number of rotatable bonds is 9. The highest BCUT2D eigenvalue weighted by atomic mass is 32.2. The molecule has 6 rings (SSSR count). The molecule has 9 heteroatoms. The van der Waals surface area contributed by atoms with Crippen molar-refractivity contribution in [1.82, 2.24) is 5.32 Å². The Morgan fingerprint density at radius 2 is 1.48 bits per heavy atom. The van der Waals surface area contributed by atoms with Gasteiger partial charge in [0.25, 0.3) is 15.9 Å². The lowest BCUT2D eigenvalue weighted by molar-refractivity contribution is -0.128. The minimum atomic E-state index is -3.70. The maximum Gasteiger partial charge on any atom is 0.264 e. The normalized spacial score (nSPS) is 16.0. The average molecular weight is 610 g/mol. The number of carbonyl (C=O) groups is 2. The van der Waals surface area contributed by atoms with Crippen molar-refractivity contribution in [2.45, 2.75) is 43.1 Å². The molecule has 0 aromatic heterocycles. The molecule has 0 radical (unpaired) electrons. The molecule has 0 spiro atoms. The minimum absolute atomic E-state index is 0.113. The highest BCUT2D eigenvalue weighted by Crippen LogP contribution is 2.34. The van der Waals surface area contributed by atoms with Crippen LogP contribution in [-0.4, -0.2) is 46.0 Å². The highest BCUT2D eigenvalue weighted by Gasteiger charge is 2.33. The van der Waals surface area contributed by atoms with E-state index in [1.165, 1.54) is 4.31 Å².